The molecule has 2 rings (SSSR count). The molecular formula is C8H9IN4O2. The molecule has 7 heteroatoms. The zero-order valence-electron chi connectivity index (χ0n) is 7.81. The lowest BCUT2D eigenvalue weighted by atomic mass is 10.5. The summed E-state index contributed by atoms with van der Waals surface area (Å²) in [6.07, 6.45) is 3.59. The van der Waals surface area contributed by atoms with Gasteiger partial charge < -0.3 is 5.32 Å². The van der Waals surface area contributed by atoms with Crippen LogP contribution in [0, 0.1) is 3.57 Å². The minimum atomic E-state index is -0.318. The van der Waals surface area contributed by atoms with Crippen LogP contribution in [0.3, 0.4) is 0 Å². The minimum Gasteiger partial charge on any atom is -0.329 e. The van der Waals surface area contributed by atoms with Crippen molar-refractivity contribution in [2.75, 3.05) is 13.1 Å². The fourth-order valence-corrected chi connectivity index (χ4v) is 1.79. The lowest BCUT2D eigenvalue weighted by Crippen LogP contribution is -2.33. The Balaban J connectivity index is 1.93. The highest BCUT2D eigenvalue weighted by molar-refractivity contribution is 14.1. The van der Waals surface area contributed by atoms with E-state index in [0.717, 1.165) is 3.57 Å². The van der Waals surface area contributed by atoms with Gasteiger partial charge in [-0.3, -0.25) is 14.4 Å². The van der Waals surface area contributed by atoms with Crippen molar-refractivity contribution in [1.82, 2.24) is 20.0 Å². The maximum absolute atomic E-state index is 11.2. The van der Waals surface area contributed by atoms with Crippen molar-refractivity contribution in [1.29, 1.82) is 0 Å². The highest BCUT2D eigenvalue weighted by atomic mass is 127. The van der Waals surface area contributed by atoms with E-state index in [-0.39, 0.29) is 18.5 Å². The molecule has 0 saturated carbocycles. The first kappa shape index (κ1) is 10.4. The Bertz CT molecular complexity index is 387. The second-order valence-corrected chi connectivity index (χ2v) is 4.37. The van der Waals surface area contributed by atoms with Crippen LogP contribution < -0.4 is 5.32 Å². The van der Waals surface area contributed by atoms with Crippen LogP contribution in [0.4, 0.5) is 4.79 Å². The first-order chi connectivity index (χ1) is 7.16. The van der Waals surface area contributed by atoms with E-state index in [1.54, 1.807) is 10.9 Å². The van der Waals surface area contributed by atoms with E-state index in [4.69, 9.17) is 0 Å². The molecule has 1 aromatic heterocycles. The molecule has 0 atom stereocenters. The molecule has 1 aromatic rings. The summed E-state index contributed by atoms with van der Waals surface area (Å²) in [6, 6.07) is -0.318. The predicted octanol–water partition coefficient (Wildman–Crippen LogP) is 0.0395. The maximum atomic E-state index is 11.2. The summed E-state index contributed by atoms with van der Waals surface area (Å²) in [7, 11) is 0. The number of carbonyl (C=O) groups excluding carboxylic acids is 2. The van der Waals surface area contributed by atoms with Crippen molar-refractivity contribution in [3.05, 3.63) is 16.0 Å². The third-order valence-electron chi connectivity index (χ3n) is 2.09. The molecule has 1 N–H and O–H groups in total. The Kier molecular flexibility index (Phi) is 2.89. The van der Waals surface area contributed by atoms with Crippen LogP contribution >= 0.6 is 22.6 Å². The lowest BCUT2D eigenvalue weighted by Gasteiger charge is -2.11. The predicted molar refractivity (Wildman–Crippen MR) is 60.1 cm³/mol. The number of hydrogen-bond acceptors (Lipinski definition) is 3. The zero-order chi connectivity index (χ0) is 10.8. The fraction of sp³-hybridized carbons (Fsp3) is 0.375. The number of nitrogens with zero attached hydrogens (tertiary/aromatic N) is 3. The number of amides is 3. The van der Waals surface area contributed by atoms with Gasteiger partial charge in [-0.1, -0.05) is 0 Å². The summed E-state index contributed by atoms with van der Waals surface area (Å²) in [6.45, 7) is 1.00. The van der Waals surface area contributed by atoms with Crippen molar-refractivity contribution in [2.45, 2.75) is 6.54 Å². The van der Waals surface area contributed by atoms with Crippen LogP contribution in [0.15, 0.2) is 12.4 Å². The quantitative estimate of drug-likeness (QED) is 0.632. The van der Waals surface area contributed by atoms with Gasteiger partial charge in [-0.15, -0.1) is 0 Å². The third kappa shape index (κ3) is 2.28. The summed E-state index contributed by atoms with van der Waals surface area (Å²) >= 11 is 2.15. The van der Waals surface area contributed by atoms with Crippen molar-refractivity contribution in [3.63, 3.8) is 0 Å². The van der Waals surface area contributed by atoms with Gasteiger partial charge in [0.15, 0.2) is 0 Å². The molecule has 1 fully saturated rings. The maximum Gasteiger partial charge on any atom is 0.324 e. The van der Waals surface area contributed by atoms with Gasteiger partial charge in [0.2, 0.25) is 5.91 Å². The zero-order valence-corrected chi connectivity index (χ0v) is 9.97. The monoisotopic (exact) mass is 320 g/mol. The van der Waals surface area contributed by atoms with E-state index in [1.807, 2.05) is 6.20 Å². The average molecular weight is 320 g/mol. The Labute approximate surface area is 99.8 Å². The Morgan fingerprint density at radius 2 is 2.27 bits per heavy atom. The largest absolute Gasteiger partial charge is 0.329 e. The van der Waals surface area contributed by atoms with Crippen molar-refractivity contribution >= 4 is 34.5 Å². The van der Waals surface area contributed by atoms with Crippen molar-refractivity contribution in [2.24, 2.45) is 0 Å². The van der Waals surface area contributed by atoms with Gasteiger partial charge in [0.1, 0.15) is 0 Å². The Hall–Kier alpha value is -1.12. The van der Waals surface area contributed by atoms with E-state index < -0.39 is 0 Å². The summed E-state index contributed by atoms with van der Waals surface area (Å²) in [4.78, 5) is 23.6. The second kappa shape index (κ2) is 4.17. The van der Waals surface area contributed by atoms with E-state index in [9.17, 15) is 9.59 Å². The van der Waals surface area contributed by atoms with Crippen LogP contribution in [0.5, 0.6) is 0 Å². The summed E-state index contributed by atoms with van der Waals surface area (Å²) in [5.41, 5.74) is 0. The highest BCUT2D eigenvalue weighted by Crippen LogP contribution is 2.03. The molecule has 0 spiro atoms. The van der Waals surface area contributed by atoms with Gasteiger partial charge in [0, 0.05) is 6.20 Å². The molecule has 0 aromatic carbocycles. The SMILES string of the molecule is O=C1CNC(=O)N1CCn1cc(I)cn1. The van der Waals surface area contributed by atoms with Gasteiger partial charge in [-0.25, -0.2) is 4.79 Å². The normalized spacial score (nSPS) is 15.9. The molecule has 0 radical (unpaired) electrons. The molecule has 0 unspecified atom stereocenters. The molecule has 1 aliphatic heterocycles. The number of nitrogens with one attached hydrogen (secondary N) is 1. The van der Waals surface area contributed by atoms with E-state index in [1.165, 1.54) is 4.90 Å². The summed E-state index contributed by atoms with van der Waals surface area (Å²) in [5.74, 6) is -0.179. The minimum absolute atomic E-state index is 0.107. The standard InChI is InChI=1S/C8H9IN4O2/c9-6-3-11-12(5-6)1-2-13-7(14)4-10-8(13)15/h3,5H,1-2,4H2,(H,10,15). The number of aromatic nitrogens is 2. The molecule has 1 saturated heterocycles. The highest BCUT2D eigenvalue weighted by Gasteiger charge is 2.27. The Morgan fingerprint density at radius 3 is 2.80 bits per heavy atom. The third-order valence-corrected chi connectivity index (χ3v) is 2.65. The molecular weight excluding hydrogens is 311 g/mol. The fourth-order valence-electron chi connectivity index (χ4n) is 1.34. The van der Waals surface area contributed by atoms with Gasteiger partial charge >= 0.3 is 6.03 Å². The van der Waals surface area contributed by atoms with Crippen LogP contribution in [0.25, 0.3) is 0 Å². The van der Waals surface area contributed by atoms with Crippen molar-refractivity contribution < 1.29 is 9.59 Å². The molecule has 0 bridgehead atoms. The van der Waals surface area contributed by atoms with Crippen LogP contribution in [0.2, 0.25) is 0 Å². The van der Waals surface area contributed by atoms with Crippen LogP contribution in [0.1, 0.15) is 0 Å². The number of imide groups is 1. The second-order valence-electron chi connectivity index (χ2n) is 3.13. The molecule has 80 valence electrons. The number of urea groups is 1. The number of rotatable bonds is 3. The van der Waals surface area contributed by atoms with Crippen LogP contribution in [-0.4, -0.2) is 39.7 Å². The van der Waals surface area contributed by atoms with Gasteiger partial charge in [0.05, 0.1) is 29.4 Å². The molecule has 2 heterocycles. The number of halogens is 1. The first-order valence-corrected chi connectivity index (χ1v) is 5.51. The molecule has 3 amide bonds. The van der Waals surface area contributed by atoms with E-state index >= 15 is 0 Å². The summed E-state index contributed by atoms with van der Waals surface area (Å²) in [5, 5.41) is 6.53. The van der Waals surface area contributed by atoms with Gasteiger partial charge in [-0.05, 0) is 22.6 Å². The molecule has 1 aliphatic rings. The topological polar surface area (TPSA) is 67.2 Å². The molecule has 6 nitrogen and oxygen atoms in total. The molecule has 15 heavy (non-hydrogen) atoms. The Morgan fingerprint density at radius 1 is 1.47 bits per heavy atom. The molecule has 0 aliphatic carbocycles. The first-order valence-electron chi connectivity index (χ1n) is 4.43. The van der Waals surface area contributed by atoms with E-state index in [2.05, 4.69) is 33.0 Å². The number of carbonyl (C=O) groups is 2. The van der Waals surface area contributed by atoms with Crippen molar-refractivity contribution in [3.8, 4) is 0 Å². The van der Waals surface area contributed by atoms with Crippen LogP contribution in [-0.2, 0) is 11.3 Å². The van der Waals surface area contributed by atoms with Gasteiger partial charge in [-0.2, -0.15) is 5.10 Å². The average Bonchev–Trinajstić information content (AvgIpc) is 2.73. The number of hydrogen-bond donors (Lipinski definition) is 1. The lowest BCUT2D eigenvalue weighted by molar-refractivity contribution is -0.125. The van der Waals surface area contributed by atoms with E-state index in [0.29, 0.717) is 13.1 Å². The smallest absolute Gasteiger partial charge is 0.324 e. The summed E-state index contributed by atoms with van der Waals surface area (Å²) < 4.78 is 2.74. The van der Waals surface area contributed by atoms with Gasteiger partial charge in [0.25, 0.3) is 0 Å².